The fourth-order valence-electron chi connectivity index (χ4n) is 4.29. The standard InChI is InChI=1S/C25H26ClN5O3.ClH/c1-15-11-18(31-7-9-34-10-8-31)13-20-23(15)30-24(29-20)22-19(5-6-27-25(22)33)28-14-21(32)16-3-2-4-17(26)12-16;/h2-6,11-13,21,32H,7-10,14H2,1H3,(H,29,30)(H2,27,28,33);1H/t21-;/m1./s1. The highest BCUT2D eigenvalue weighted by atomic mass is 35.5. The molecule has 2 aromatic heterocycles. The van der Waals surface area contributed by atoms with Gasteiger partial charge in [0.15, 0.2) is 0 Å². The van der Waals surface area contributed by atoms with Crippen LogP contribution in [0.25, 0.3) is 22.4 Å². The van der Waals surface area contributed by atoms with Gasteiger partial charge in [0.05, 0.1) is 36.0 Å². The van der Waals surface area contributed by atoms with E-state index in [4.69, 9.17) is 21.3 Å². The molecule has 8 nitrogen and oxygen atoms in total. The lowest BCUT2D eigenvalue weighted by Gasteiger charge is -2.29. The second-order valence-corrected chi connectivity index (χ2v) is 8.83. The summed E-state index contributed by atoms with van der Waals surface area (Å²) < 4.78 is 5.47. The number of aliphatic hydroxyl groups is 1. The molecule has 1 atom stereocenters. The molecule has 0 spiro atoms. The largest absolute Gasteiger partial charge is 0.387 e. The topological polar surface area (TPSA) is 106 Å². The first-order valence-corrected chi connectivity index (χ1v) is 11.6. The van der Waals surface area contributed by atoms with Crippen LogP contribution in [0.4, 0.5) is 11.4 Å². The van der Waals surface area contributed by atoms with Crippen LogP contribution in [-0.2, 0) is 4.74 Å². The maximum atomic E-state index is 12.8. The molecule has 0 unspecified atom stereocenters. The summed E-state index contributed by atoms with van der Waals surface area (Å²) in [5.41, 5.74) is 5.21. The molecule has 0 radical (unpaired) electrons. The lowest BCUT2D eigenvalue weighted by molar-refractivity contribution is 0.122. The second kappa shape index (κ2) is 10.7. The summed E-state index contributed by atoms with van der Waals surface area (Å²) in [5.74, 6) is 0.471. The molecule has 1 aliphatic rings. The van der Waals surface area contributed by atoms with Crippen LogP contribution in [0.5, 0.6) is 0 Å². The number of ether oxygens (including phenoxy) is 1. The van der Waals surface area contributed by atoms with Gasteiger partial charge in [-0.1, -0.05) is 23.7 Å². The quantitative estimate of drug-likeness (QED) is 0.305. The first-order valence-electron chi connectivity index (χ1n) is 11.2. The third-order valence-corrected chi connectivity index (χ3v) is 6.29. The number of aromatic amines is 2. The number of pyridine rings is 1. The Labute approximate surface area is 213 Å². The number of anilines is 2. The van der Waals surface area contributed by atoms with Crippen LogP contribution in [0.2, 0.25) is 5.02 Å². The minimum Gasteiger partial charge on any atom is -0.387 e. The van der Waals surface area contributed by atoms with Crippen molar-refractivity contribution in [2.75, 3.05) is 43.1 Å². The van der Waals surface area contributed by atoms with E-state index in [2.05, 4.69) is 32.3 Å². The molecule has 2 aromatic carbocycles. The number of H-pyrrole nitrogens is 2. The van der Waals surface area contributed by atoms with E-state index in [0.29, 0.717) is 40.9 Å². The van der Waals surface area contributed by atoms with E-state index in [0.717, 1.165) is 35.4 Å². The van der Waals surface area contributed by atoms with Crippen molar-refractivity contribution < 1.29 is 9.84 Å². The number of aromatic nitrogens is 3. The van der Waals surface area contributed by atoms with Gasteiger partial charge in [0.25, 0.3) is 5.56 Å². The fraction of sp³-hybridized carbons (Fsp3) is 0.280. The molecule has 5 rings (SSSR count). The monoisotopic (exact) mass is 515 g/mol. The molecular formula is C25H27Cl2N5O3. The minimum absolute atomic E-state index is 0. The van der Waals surface area contributed by atoms with Crippen LogP contribution < -0.4 is 15.8 Å². The van der Waals surface area contributed by atoms with Gasteiger partial charge in [0.1, 0.15) is 11.4 Å². The zero-order chi connectivity index (χ0) is 23.7. The molecule has 1 fully saturated rings. The summed E-state index contributed by atoms with van der Waals surface area (Å²) in [6.07, 6.45) is 0.782. The summed E-state index contributed by atoms with van der Waals surface area (Å²) in [7, 11) is 0. The number of nitrogens with zero attached hydrogens (tertiary/aromatic N) is 2. The summed E-state index contributed by atoms with van der Waals surface area (Å²) in [6.45, 7) is 5.33. The van der Waals surface area contributed by atoms with E-state index >= 15 is 0 Å². The third kappa shape index (κ3) is 5.31. The molecule has 0 amide bonds. The number of halogens is 2. The first kappa shape index (κ1) is 25.1. The molecule has 0 bridgehead atoms. The zero-order valence-electron chi connectivity index (χ0n) is 19.2. The van der Waals surface area contributed by atoms with Crippen molar-refractivity contribution in [1.82, 2.24) is 15.0 Å². The molecule has 3 heterocycles. The summed E-state index contributed by atoms with van der Waals surface area (Å²) >= 11 is 6.05. The van der Waals surface area contributed by atoms with Gasteiger partial charge in [0, 0.05) is 36.5 Å². The number of hydrogen-bond donors (Lipinski definition) is 4. The van der Waals surface area contributed by atoms with Crippen LogP contribution >= 0.6 is 24.0 Å². The van der Waals surface area contributed by atoms with Gasteiger partial charge < -0.3 is 30.0 Å². The van der Waals surface area contributed by atoms with E-state index in [9.17, 15) is 9.90 Å². The van der Waals surface area contributed by atoms with Crippen LogP contribution in [0.15, 0.2) is 53.5 Å². The summed E-state index contributed by atoms with van der Waals surface area (Å²) in [4.78, 5) is 25.9. The molecule has 1 aliphatic heterocycles. The lowest BCUT2D eigenvalue weighted by Crippen LogP contribution is -2.36. The van der Waals surface area contributed by atoms with E-state index in [1.807, 2.05) is 13.0 Å². The van der Waals surface area contributed by atoms with Crippen molar-refractivity contribution in [1.29, 1.82) is 0 Å². The highest BCUT2D eigenvalue weighted by molar-refractivity contribution is 6.30. The number of fused-ring (bicyclic) bond motifs is 1. The predicted molar refractivity (Wildman–Crippen MR) is 142 cm³/mol. The van der Waals surface area contributed by atoms with E-state index < -0.39 is 6.10 Å². The Kier molecular flexibility index (Phi) is 7.66. The molecule has 1 saturated heterocycles. The van der Waals surface area contributed by atoms with Gasteiger partial charge in [-0.3, -0.25) is 4.79 Å². The Morgan fingerprint density at radius 3 is 2.80 bits per heavy atom. The molecule has 4 aromatic rings. The Morgan fingerprint density at radius 1 is 1.23 bits per heavy atom. The van der Waals surface area contributed by atoms with Crippen molar-refractivity contribution in [3.05, 3.63) is 75.2 Å². The smallest absolute Gasteiger partial charge is 0.261 e. The minimum atomic E-state index is -0.792. The number of morpholine rings is 1. The maximum absolute atomic E-state index is 12.8. The Hall–Kier alpha value is -3.04. The second-order valence-electron chi connectivity index (χ2n) is 8.39. The number of aryl methyl sites for hydroxylation is 1. The predicted octanol–water partition coefficient (Wildman–Crippen LogP) is 4.28. The molecule has 10 heteroatoms. The number of imidazole rings is 1. The highest BCUT2D eigenvalue weighted by Gasteiger charge is 2.18. The van der Waals surface area contributed by atoms with Crippen molar-refractivity contribution in [2.24, 2.45) is 0 Å². The third-order valence-electron chi connectivity index (χ3n) is 6.06. The summed E-state index contributed by atoms with van der Waals surface area (Å²) in [5, 5.41) is 14.4. The number of hydrogen-bond acceptors (Lipinski definition) is 6. The molecule has 35 heavy (non-hydrogen) atoms. The maximum Gasteiger partial charge on any atom is 0.261 e. The van der Waals surface area contributed by atoms with Crippen molar-refractivity contribution in [3.8, 4) is 11.4 Å². The number of nitrogens with one attached hydrogen (secondary N) is 3. The zero-order valence-corrected chi connectivity index (χ0v) is 20.7. The van der Waals surface area contributed by atoms with Crippen molar-refractivity contribution >= 4 is 46.4 Å². The molecule has 0 aliphatic carbocycles. The normalized spacial score (nSPS) is 14.5. The van der Waals surface area contributed by atoms with Crippen LogP contribution in [-0.4, -0.2) is 52.9 Å². The van der Waals surface area contributed by atoms with E-state index in [1.165, 1.54) is 0 Å². The number of aliphatic hydroxyl groups excluding tert-OH is 1. The first-order chi connectivity index (χ1) is 16.5. The Balaban J connectivity index is 0.00000289. The van der Waals surface area contributed by atoms with Crippen molar-refractivity contribution in [3.63, 3.8) is 0 Å². The van der Waals surface area contributed by atoms with Gasteiger partial charge in [0.2, 0.25) is 0 Å². The average Bonchev–Trinajstić information content (AvgIpc) is 3.27. The molecule has 184 valence electrons. The van der Waals surface area contributed by atoms with Gasteiger partial charge in [-0.25, -0.2) is 4.98 Å². The van der Waals surface area contributed by atoms with Crippen LogP contribution in [0.3, 0.4) is 0 Å². The molecule has 0 saturated carbocycles. The van der Waals surface area contributed by atoms with Crippen molar-refractivity contribution in [2.45, 2.75) is 13.0 Å². The lowest BCUT2D eigenvalue weighted by atomic mass is 10.1. The van der Waals surface area contributed by atoms with Gasteiger partial charge in [-0.2, -0.15) is 0 Å². The van der Waals surface area contributed by atoms with E-state index in [-0.39, 0.29) is 24.5 Å². The SMILES string of the molecule is Cc1cc(N2CCOCC2)cc2[nH]c(-c3c(NC[C@@H](O)c4cccc(Cl)c4)cc[nH]c3=O)nc12.Cl. The molecular weight excluding hydrogens is 489 g/mol. The Morgan fingerprint density at radius 2 is 2.03 bits per heavy atom. The average molecular weight is 516 g/mol. The number of benzene rings is 2. The molecule has 4 N–H and O–H groups in total. The Bertz CT molecular complexity index is 1380. The van der Waals surface area contributed by atoms with Gasteiger partial charge in [-0.05, 0) is 48.4 Å². The van der Waals surface area contributed by atoms with Crippen LogP contribution in [0.1, 0.15) is 17.2 Å². The van der Waals surface area contributed by atoms with E-state index in [1.54, 1.807) is 30.5 Å². The fourth-order valence-corrected chi connectivity index (χ4v) is 4.49. The highest BCUT2D eigenvalue weighted by Crippen LogP contribution is 2.30. The number of rotatable bonds is 6. The van der Waals surface area contributed by atoms with Gasteiger partial charge >= 0.3 is 0 Å². The van der Waals surface area contributed by atoms with Crippen LogP contribution in [0, 0.1) is 6.92 Å². The van der Waals surface area contributed by atoms with Gasteiger partial charge in [-0.15, -0.1) is 12.4 Å². The summed E-state index contributed by atoms with van der Waals surface area (Å²) in [6, 6.07) is 13.0.